The zero-order valence-corrected chi connectivity index (χ0v) is 20.7. The number of aryl methyl sites for hydroxylation is 2. The van der Waals surface area contributed by atoms with Crippen LogP contribution in [0.4, 0.5) is 10.5 Å². The van der Waals surface area contributed by atoms with Gasteiger partial charge in [-0.2, -0.15) is 0 Å². The van der Waals surface area contributed by atoms with Crippen molar-refractivity contribution in [3.05, 3.63) is 29.3 Å². The highest BCUT2D eigenvalue weighted by atomic mass is 16.6. The maximum atomic E-state index is 12.4. The maximum Gasteiger partial charge on any atom is 0.407 e. The van der Waals surface area contributed by atoms with Crippen LogP contribution in [0.15, 0.2) is 18.2 Å². The first-order valence-corrected chi connectivity index (χ1v) is 11.4. The van der Waals surface area contributed by atoms with Gasteiger partial charge in [0.05, 0.1) is 13.0 Å². The molecule has 1 saturated heterocycles. The molecule has 1 aliphatic rings. The Hall–Kier alpha value is -3.14. The summed E-state index contributed by atoms with van der Waals surface area (Å²) in [7, 11) is 0. The zero-order valence-electron chi connectivity index (χ0n) is 20.7. The first kappa shape index (κ1) is 27.1. The summed E-state index contributed by atoms with van der Waals surface area (Å²) in [6.07, 6.45) is -0.674. The van der Waals surface area contributed by atoms with E-state index in [1.807, 2.05) is 36.9 Å². The molecule has 0 aromatic heterocycles. The number of benzene rings is 1. The molecule has 0 atom stereocenters. The largest absolute Gasteiger partial charge is 0.456 e. The Morgan fingerprint density at radius 1 is 1.00 bits per heavy atom. The number of nitrogens with zero attached hydrogens (tertiary/aromatic N) is 2. The molecular formula is C24H36N4O6. The fraction of sp³-hybridized carbons (Fsp3) is 0.583. The van der Waals surface area contributed by atoms with E-state index in [1.165, 1.54) is 0 Å². The minimum atomic E-state index is -0.620. The normalized spacial score (nSPS) is 14.3. The fourth-order valence-electron chi connectivity index (χ4n) is 3.44. The average Bonchev–Trinajstić information content (AvgIpc) is 2.74. The van der Waals surface area contributed by atoms with Gasteiger partial charge in [0.15, 0.2) is 6.61 Å². The van der Waals surface area contributed by atoms with Crippen molar-refractivity contribution < 1.29 is 28.7 Å². The van der Waals surface area contributed by atoms with Crippen LogP contribution in [-0.4, -0.2) is 85.2 Å². The number of alkyl carbamates (subject to hydrolysis) is 1. The molecule has 0 bridgehead atoms. The SMILES string of the molecule is Cc1cccc(C)c1NC(=O)CN1CCN(C(=O)COC(=O)CCNC(=O)OC(C)(C)C)CC1. The molecule has 0 saturated carbocycles. The van der Waals surface area contributed by atoms with E-state index in [0.29, 0.717) is 26.2 Å². The van der Waals surface area contributed by atoms with E-state index in [0.717, 1.165) is 16.8 Å². The second kappa shape index (κ2) is 12.4. The molecule has 1 fully saturated rings. The summed E-state index contributed by atoms with van der Waals surface area (Å²) in [5.74, 6) is -0.953. The van der Waals surface area contributed by atoms with Gasteiger partial charge in [-0.15, -0.1) is 0 Å². The third-order valence-electron chi connectivity index (χ3n) is 5.19. The van der Waals surface area contributed by atoms with E-state index < -0.39 is 17.7 Å². The van der Waals surface area contributed by atoms with Crippen molar-refractivity contribution in [2.45, 2.75) is 46.6 Å². The number of anilines is 1. The molecule has 1 aromatic rings. The van der Waals surface area contributed by atoms with E-state index in [4.69, 9.17) is 9.47 Å². The van der Waals surface area contributed by atoms with Gasteiger partial charge in [0, 0.05) is 38.4 Å². The minimum Gasteiger partial charge on any atom is -0.456 e. The molecule has 10 heteroatoms. The number of rotatable bonds is 8. The summed E-state index contributed by atoms with van der Waals surface area (Å²) in [4.78, 5) is 51.8. The Balaban J connectivity index is 1.64. The van der Waals surface area contributed by atoms with Crippen molar-refractivity contribution in [3.63, 3.8) is 0 Å². The Morgan fingerprint density at radius 3 is 2.21 bits per heavy atom. The lowest BCUT2D eigenvalue weighted by Crippen LogP contribution is -2.51. The van der Waals surface area contributed by atoms with Crippen LogP contribution in [-0.2, 0) is 23.9 Å². The van der Waals surface area contributed by atoms with Gasteiger partial charge in [-0.1, -0.05) is 18.2 Å². The quantitative estimate of drug-likeness (QED) is 0.550. The summed E-state index contributed by atoms with van der Waals surface area (Å²) in [5.41, 5.74) is 2.24. The minimum absolute atomic E-state index is 0.0597. The first-order valence-electron chi connectivity index (χ1n) is 11.4. The lowest BCUT2D eigenvalue weighted by molar-refractivity contribution is -0.152. The number of esters is 1. The molecule has 188 valence electrons. The summed E-state index contributed by atoms with van der Waals surface area (Å²) < 4.78 is 10.1. The van der Waals surface area contributed by atoms with Gasteiger partial charge in [-0.3, -0.25) is 19.3 Å². The lowest BCUT2D eigenvalue weighted by atomic mass is 10.1. The van der Waals surface area contributed by atoms with Crippen molar-refractivity contribution >= 4 is 29.6 Å². The van der Waals surface area contributed by atoms with Crippen molar-refractivity contribution in [2.75, 3.05) is 51.2 Å². The van der Waals surface area contributed by atoms with Crippen molar-refractivity contribution in [1.82, 2.24) is 15.1 Å². The summed E-state index contributed by atoms with van der Waals surface area (Å²) in [6.45, 7) is 11.1. The molecule has 1 aliphatic heterocycles. The second-order valence-corrected chi connectivity index (χ2v) is 9.31. The Kier molecular flexibility index (Phi) is 9.85. The maximum absolute atomic E-state index is 12.4. The highest BCUT2D eigenvalue weighted by Gasteiger charge is 2.23. The van der Waals surface area contributed by atoms with Crippen molar-refractivity contribution in [1.29, 1.82) is 0 Å². The molecule has 3 amide bonds. The Bertz CT molecular complexity index is 868. The van der Waals surface area contributed by atoms with Crippen LogP contribution in [0.3, 0.4) is 0 Å². The second-order valence-electron chi connectivity index (χ2n) is 9.31. The van der Waals surface area contributed by atoms with Gasteiger partial charge in [-0.05, 0) is 45.7 Å². The lowest BCUT2D eigenvalue weighted by Gasteiger charge is -2.34. The van der Waals surface area contributed by atoms with Crippen LogP contribution in [0.25, 0.3) is 0 Å². The topological polar surface area (TPSA) is 117 Å². The molecule has 0 aliphatic carbocycles. The van der Waals surface area contributed by atoms with Crippen LogP contribution in [0.1, 0.15) is 38.3 Å². The molecule has 2 rings (SSSR count). The van der Waals surface area contributed by atoms with E-state index in [9.17, 15) is 19.2 Å². The number of amides is 3. The Labute approximate surface area is 200 Å². The number of carbonyl (C=O) groups is 4. The number of piperazine rings is 1. The summed E-state index contributed by atoms with van der Waals surface area (Å²) in [5, 5.41) is 5.44. The molecule has 10 nitrogen and oxygen atoms in total. The van der Waals surface area contributed by atoms with Crippen LogP contribution in [0.5, 0.6) is 0 Å². The van der Waals surface area contributed by atoms with E-state index in [1.54, 1.807) is 25.7 Å². The molecule has 2 N–H and O–H groups in total. The van der Waals surface area contributed by atoms with Crippen LogP contribution in [0.2, 0.25) is 0 Å². The molecule has 34 heavy (non-hydrogen) atoms. The highest BCUT2D eigenvalue weighted by Crippen LogP contribution is 2.19. The number of hydrogen-bond donors (Lipinski definition) is 2. The molecular weight excluding hydrogens is 440 g/mol. The molecule has 0 spiro atoms. The van der Waals surface area contributed by atoms with Gasteiger partial charge in [0.1, 0.15) is 5.60 Å². The highest BCUT2D eigenvalue weighted by molar-refractivity contribution is 5.93. The van der Waals surface area contributed by atoms with Gasteiger partial charge in [0.25, 0.3) is 5.91 Å². The number of para-hydroxylation sites is 1. The first-order chi connectivity index (χ1) is 15.9. The monoisotopic (exact) mass is 476 g/mol. The van der Waals surface area contributed by atoms with Gasteiger partial charge in [-0.25, -0.2) is 4.79 Å². The summed E-state index contributed by atoms with van der Waals surface area (Å²) >= 11 is 0. The number of carbonyl (C=O) groups excluding carboxylic acids is 4. The number of nitrogens with one attached hydrogen (secondary N) is 2. The summed E-state index contributed by atoms with van der Waals surface area (Å²) in [6, 6.07) is 5.86. The predicted molar refractivity (Wildman–Crippen MR) is 127 cm³/mol. The van der Waals surface area contributed by atoms with Crippen molar-refractivity contribution in [3.8, 4) is 0 Å². The fourth-order valence-corrected chi connectivity index (χ4v) is 3.44. The van der Waals surface area contributed by atoms with Gasteiger partial charge in [0.2, 0.25) is 5.91 Å². The molecule has 1 heterocycles. The van der Waals surface area contributed by atoms with E-state index >= 15 is 0 Å². The number of hydrogen-bond acceptors (Lipinski definition) is 7. The predicted octanol–water partition coefficient (Wildman–Crippen LogP) is 1.84. The van der Waals surface area contributed by atoms with Crippen molar-refractivity contribution in [2.24, 2.45) is 0 Å². The van der Waals surface area contributed by atoms with Crippen LogP contribution < -0.4 is 10.6 Å². The molecule has 1 aromatic carbocycles. The standard InChI is InChI=1S/C24H36N4O6/c1-17-7-6-8-18(2)22(17)26-19(29)15-27-11-13-28(14-12-27)20(30)16-33-21(31)9-10-25-23(32)34-24(3,4)5/h6-8H,9-16H2,1-5H3,(H,25,32)(H,26,29). The van der Waals surface area contributed by atoms with E-state index in [2.05, 4.69) is 10.6 Å². The zero-order chi connectivity index (χ0) is 25.3. The van der Waals surface area contributed by atoms with Gasteiger partial charge >= 0.3 is 12.1 Å². The van der Waals surface area contributed by atoms with Crippen LogP contribution >= 0.6 is 0 Å². The Morgan fingerprint density at radius 2 is 1.62 bits per heavy atom. The molecule has 0 unspecified atom stereocenters. The smallest absolute Gasteiger partial charge is 0.407 e. The average molecular weight is 477 g/mol. The van der Waals surface area contributed by atoms with Crippen LogP contribution in [0, 0.1) is 13.8 Å². The molecule has 0 radical (unpaired) electrons. The van der Waals surface area contributed by atoms with Gasteiger partial charge < -0.3 is 25.0 Å². The van der Waals surface area contributed by atoms with E-state index in [-0.39, 0.29) is 37.9 Å². The third-order valence-corrected chi connectivity index (χ3v) is 5.19. The number of ether oxygens (including phenoxy) is 2. The third kappa shape index (κ3) is 9.38.